The van der Waals surface area contributed by atoms with Crippen LogP contribution in [0.5, 0.6) is 0 Å². The first-order chi connectivity index (χ1) is 13.3. The molecule has 0 atom stereocenters. The minimum absolute atomic E-state index is 0. The molecule has 0 amide bonds. The van der Waals surface area contributed by atoms with E-state index in [-0.39, 0.29) is 36.3 Å². The van der Waals surface area contributed by atoms with Gasteiger partial charge in [-0.3, -0.25) is 4.40 Å². The summed E-state index contributed by atoms with van der Waals surface area (Å²) in [7, 11) is -3.23. The Morgan fingerprint density at radius 1 is 1.31 bits per heavy atom. The number of nitrogens with zero attached hydrogens (tertiary/aromatic N) is 3. The van der Waals surface area contributed by atoms with Crippen LogP contribution >= 0.6 is 35.3 Å². The Kier molecular flexibility index (Phi) is 8.40. The van der Waals surface area contributed by atoms with Gasteiger partial charge >= 0.3 is 0 Å². The van der Waals surface area contributed by atoms with Crippen molar-refractivity contribution in [3.8, 4) is 0 Å². The summed E-state index contributed by atoms with van der Waals surface area (Å²) in [6.07, 6.45) is 5.05. The molecule has 0 saturated heterocycles. The number of aliphatic imine (C=N–C) groups is 1. The predicted octanol–water partition coefficient (Wildman–Crippen LogP) is 2.95. The molecule has 0 spiro atoms. The smallest absolute Gasteiger partial charge is 0.193 e. The molecule has 3 rings (SSSR count). The Balaban J connectivity index is 0.00000300. The molecule has 0 aliphatic rings. The van der Waals surface area contributed by atoms with Crippen molar-refractivity contribution < 1.29 is 12.8 Å². The number of hydrogen-bond acceptors (Lipinski definition) is 5. The van der Waals surface area contributed by atoms with Gasteiger partial charge in [-0.15, -0.1) is 35.3 Å². The van der Waals surface area contributed by atoms with Crippen molar-refractivity contribution >= 4 is 56.1 Å². The van der Waals surface area contributed by atoms with Crippen molar-refractivity contribution in [3.63, 3.8) is 0 Å². The summed E-state index contributed by atoms with van der Waals surface area (Å²) in [5, 5.41) is 8.29. The molecule has 2 N–H and O–H groups in total. The Hall–Kier alpha value is -1.73. The minimum atomic E-state index is -3.23. The quantitative estimate of drug-likeness (QED) is 0.268. The second-order valence-corrected chi connectivity index (χ2v) is 9.37. The lowest BCUT2D eigenvalue weighted by molar-refractivity contribution is 0.600. The van der Waals surface area contributed by atoms with E-state index in [1.807, 2.05) is 29.1 Å². The van der Waals surface area contributed by atoms with Gasteiger partial charge in [0.15, 0.2) is 20.8 Å². The Bertz CT molecular complexity index is 1070. The Morgan fingerprint density at radius 3 is 2.79 bits per heavy atom. The normalized spacial score (nSPS) is 12.0. The van der Waals surface area contributed by atoms with E-state index in [2.05, 4.69) is 20.6 Å². The van der Waals surface area contributed by atoms with Crippen LogP contribution in [0.15, 0.2) is 41.0 Å². The Morgan fingerprint density at radius 2 is 2.10 bits per heavy atom. The first-order valence-corrected chi connectivity index (χ1v) is 11.7. The average Bonchev–Trinajstić information content (AvgIpc) is 3.20. The van der Waals surface area contributed by atoms with Crippen LogP contribution in [0.1, 0.15) is 23.7 Å². The van der Waals surface area contributed by atoms with Gasteiger partial charge in [0.2, 0.25) is 0 Å². The highest BCUT2D eigenvalue weighted by Gasteiger charge is 2.11. The lowest BCUT2D eigenvalue weighted by Crippen LogP contribution is -2.36. The SMILES string of the molecule is CCNC(=NCc1cc(F)ccc1CS(C)(=O)=O)NCc1cn2ccsc2n1.I. The summed E-state index contributed by atoms with van der Waals surface area (Å²) in [5.74, 6) is -0.0139. The molecule has 0 radical (unpaired) electrons. The molecule has 3 aromatic rings. The second kappa shape index (κ2) is 10.3. The molecule has 2 aromatic heterocycles. The van der Waals surface area contributed by atoms with Crippen LogP contribution in [-0.4, -0.2) is 36.6 Å². The third-order valence-electron chi connectivity index (χ3n) is 3.92. The van der Waals surface area contributed by atoms with Gasteiger partial charge < -0.3 is 10.6 Å². The van der Waals surface area contributed by atoms with E-state index in [1.54, 1.807) is 11.3 Å². The summed E-state index contributed by atoms with van der Waals surface area (Å²) < 4.78 is 38.9. The van der Waals surface area contributed by atoms with E-state index >= 15 is 0 Å². The molecular weight excluding hydrogens is 528 g/mol. The number of imidazole rings is 1. The number of fused-ring (bicyclic) bond motifs is 1. The predicted molar refractivity (Wildman–Crippen MR) is 125 cm³/mol. The summed E-state index contributed by atoms with van der Waals surface area (Å²) in [6.45, 7) is 3.25. The number of thiazole rings is 1. The zero-order valence-corrected chi connectivity index (χ0v) is 20.0. The van der Waals surface area contributed by atoms with Gasteiger partial charge in [-0.2, -0.15) is 0 Å². The lowest BCUT2D eigenvalue weighted by atomic mass is 10.1. The molecule has 0 unspecified atom stereocenters. The van der Waals surface area contributed by atoms with Crippen LogP contribution in [0.3, 0.4) is 0 Å². The van der Waals surface area contributed by atoms with Crippen LogP contribution < -0.4 is 10.6 Å². The number of benzene rings is 1. The number of aromatic nitrogens is 2. The molecule has 0 bridgehead atoms. The lowest BCUT2D eigenvalue weighted by Gasteiger charge is -2.12. The van der Waals surface area contributed by atoms with Crippen molar-refractivity contribution in [2.45, 2.75) is 25.8 Å². The molecule has 29 heavy (non-hydrogen) atoms. The monoisotopic (exact) mass is 551 g/mol. The van der Waals surface area contributed by atoms with Gasteiger partial charge in [0.05, 0.1) is 24.5 Å². The number of halogens is 2. The highest BCUT2D eigenvalue weighted by molar-refractivity contribution is 14.0. The van der Waals surface area contributed by atoms with Crippen molar-refractivity contribution in [1.29, 1.82) is 0 Å². The van der Waals surface area contributed by atoms with Gasteiger partial charge in [0.25, 0.3) is 0 Å². The van der Waals surface area contributed by atoms with Crippen LogP contribution in [0, 0.1) is 5.82 Å². The first kappa shape index (κ1) is 23.5. The summed E-state index contributed by atoms with van der Waals surface area (Å²) in [5.41, 5.74) is 1.98. The average molecular weight is 551 g/mol. The maximum atomic E-state index is 13.7. The van der Waals surface area contributed by atoms with Crippen LogP contribution in [-0.2, 0) is 28.7 Å². The number of nitrogens with one attached hydrogen (secondary N) is 2. The maximum Gasteiger partial charge on any atom is 0.193 e. The van der Waals surface area contributed by atoms with E-state index in [4.69, 9.17) is 0 Å². The summed E-state index contributed by atoms with van der Waals surface area (Å²) >= 11 is 1.56. The van der Waals surface area contributed by atoms with Crippen molar-refractivity contribution in [2.75, 3.05) is 12.8 Å². The molecule has 0 fully saturated rings. The van der Waals surface area contributed by atoms with Gasteiger partial charge in [0, 0.05) is 30.6 Å². The molecule has 158 valence electrons. The van der Waals surface area contributed by atoms with Crippen LogP contribution in [0.2, 0.25) is 0 Å². The maximum absolute atomic E-state index is 13.7. The molecule has 1 aromatic carbocycles. The number of rotatable bonds is 7. The molecule has 0 aliphatic heterocycles. The third-order valence-corrected chi connectivity index (χ3v) is 5.52. The fourth-order valence-corrected chi connectivity index (χ4v) is 4.27. The Labute approximate surface area is 190 Å². The first-order valence-electron chi connectivity index (χ1n) is 8.72. The summed E-state index contributed by atoms with van der Waals surface area (Å²) in [4.78, 5) is 9.90. The zero-order chi connectivity index (χ0) is 20.1. The van der Waals surface area contributed by atoms with Crippen LogP contribution in [0.4, 0.5) is 4.39 Å². The van der Waals surface area contributed by atoms with Gasteiger partial charge in [-0.25, -0.2) is 22.8 Å². The number of hydrogen-bond donors (Lipinski definition) is 2. The van der Waals surface area contributed by atoms with Gasteiger partial charge in [-0.05, 0) is 30.2 Å². The summed E-state index contributed by atoms with van der Waals surface area (Å²) in [6, 6.07) is 4.10. The van der Waals surface area contributed by atoms with E-state index < -0.39 is 15.7 Å². The number of sulfone groups is 1. The van der Waals surface area contributed by atoms with Gasteiger partial charge in [-0.1, -0.05) is 6.07 Å². The minimum Gasteiger partial charge on any atom is -0.357 e. The largest absolute Gasteiger partial charge is 0.357 e. The third kappa shape index (κ3) is 6.93. The highest BCUT2D eigenvalue weighted by Crippen LogP contribution is 2.16. The van der Waals surface area contributed by atoms with Crippen molar-refractivity contribution in [3.05, 3.63) is 58.6 Å². The van der Waals surface area contributed by atoms with E-state index in [0.29, 0.717) is 30.2 Å². The second-order valence-electron chi connectivity index (χ2n) is 6.36. The molecular formula is C18H23FIN5O2S2. The standard InChI is InChI=1S/C18H22FN5O2S2.HI/c1-3-20-17(22-10-16-11-24-6-7-27-18(24)23-16)21-9-14-8-15(19)5-4-13(14)12-28(2,25)26;/h4-8,11H,3,9-10,12H2,1-2H3,(H2,20,21,22);1H. The van der Waals surface area contributed by atoms with E-state index in [9.17, 15) is 12.8 Å². The van der Waals surface area contributed by atoms with Gasteiger partial charge in [0.1, 0.15) is 5.82 Å². The molecule has 2 heterocycles. The highest BCUT2D eigenvalue weighted by atomic mass is 127. The molecule has 11 heteroatoms. The fourth-order valence-electron chi connectivity index (χ4n) is 2.71. The van der Waals surface area contributed by atoms with Crippen molar-refractivity contribution in [1.82, 2.24) is 20.0 Å². The zero-order valence-electron chi connectivity index (χ0n) is 16.1. The molecule has 7 nitrogen and oxygen atoms in total. The van der Waals surface area contributed by atoms with E-state index in [1.165, 1.54) is 18.2 Å². The number of guanidine groups is 1. The van der Waals surface area contributed by atoms with Crippen molar-refractivity contribution in [2.24, 2.45) is 4.99 Å². The van der Waals surface area contributed by atoms with Crippen LogP contribution in [0.25, 0.3) is 4.96 Å². The molecule has 0 saturated carbocycles. The topological polar surface area (TPSA) is 87.9 Å². The van der Waals surface area contributed by atoms with E-state index in [0.717, 1.165) is 16.9 Å². The molecule has 0 aliphatic carbocycles. The fraction of sp³-hybridized carbons (Fsp3) is 0.333.